The van der Waals surface area contributed by atoms with E-state index in [9.17, 15) is 26.4 Å². The van der Waals surface area contributed by atoms with Crippen molar-refractivity contribution in [3.8, 4) is 0 Å². The summed E-state index contributed by atoms with van der Waals surface area (Å²) in [5, 5.41) is 0. The average molecular weight is 419 g/mol. The normalized spacial score (nSPS) is 19.7. The van der Waals surface area contributed by atoms with Crippen LogP contribution in [0.15, 0.2) is 29.2 Å². The van der Waals surface area contributed by atoms with E-state index in [0.29, 0.717) is 31.2 Å². The summed E-state index contributed by atoms with van der Waals surface area (Å²) in [6.07, 6.45) is -0.151. The number of rotatable bonds is 8. The predicted octanol–water partition coefficient (Wildman–Crippen LogP) is 3.63. The van der Waals surface area contributed by atoms with Gasteiger partial charge in [-0.1, -0.05) is 18.9 Å². The number of hydrogen-bond acceptors (Lipinski definition) is 4. The molecule has 0 bridgehead atoms. The van der Waals surface area contributed by atoms with Crippen LogP contribution in [0.5, 0.6) is 0 Å². The third-order valence-corrected chi connectivity index (χ3v) is 7.10. The number of halogens is 3. The van der Waals surface area contributed by atoms with Crippen molar-refractivity contribution in [1.82, 2.24) is 4.31 Å². The zero-order chi connectivity index (χ0) is 20.4. The summed E-state index contributed by atoms with van der Waals surface area (Å²) in [4.78, 5) is 11.5. The fourth-order valence-corrected chi connectivity index (χ4v) is 4.79. The quantitative estimate of drug-likeness (QED) is 0.646. The van der Waals surface area contributed by atoms with Crippen molar-refractivity contribution in [1.29, 1.82) is 0 Å². The van der Waals surface area contributed by atoms with Crippen molar-refractivity contribution >= 4 is 15.8 Å². The number of piperidine rings is 1. The molecule has 1 saturated heterocycles. The van der Waals surface area contributed by atoms with Gasteiger partial charge in [0, 0.05) is 19.5 Å². The van der Waals surface area contributed by atoms with Crippen LogP contribution < -0.4 is 0 Å². The zero-order valence-corrected chi connectivity index (χ0v) is 16.3. The van der Waals surface area contributed by atoms with Gasteiger partial charge in [-0.15, -0.1) is 0 Å². The van der Waals surface area contributed by atoms with E-state index in [1.54, 1.807) is 0 Å². The van der Waals surface area contributed by atoms with Crippen LogP contribution in [0.2, 0.25) is 0 Å². The van der Waals surface area contributed by atoms with Gasteiger partial charge in [0.25, 0.3) is 0 Å². The molecule has 0 atom stereocenters. The highest BCUT2D eigenvalue weighted by Crippen LogP contribution is 2.34. The number of alkyl halides is 3. The first-order valence-electron chi connectivity index (χ1n) is 9.47. The molecule has 156 valence electrons. The second-order valence-electron chi connectivity index (χ2n) is 7.46. The summed E-state index contributed by atoms with van der Waals surface area (Å²) in [5.41, 5.74) is -0.989. The van der Waals surface area contributed by atoms with Crippen molar-refractivity contribution in [2.45, 2.75) is 55.7 Å². The summed E-state index contributed by atoms with van der Waals surface area (Å²) in [6.45, 7) is 0.344. The van der Waals surface area contributed by atoms with Crippen molar-refractivity contribution < 1.29 is 31.1 Å². The third kappa shape index (κ3) is 5.55. The Morgan fingerprint density at radius 2 is 1.82 bits per heavy atom. The minimum atomic E-state index is -4.60. The first-order chi connectivity index (χ1) is 13.2. The summed E-state index contributed by atoms with van der Waals surface area (Å²) < 4.78 is 70.6. The number of ketones is 1. The highest BCUT2D eigenvalue weighted by molar-refractivity contribution is 7.89. The Hall–Kier alpha value is -1.45. The fourth-order valence-electron chi connectivity index (χ4n) is 3.28. The SMILES string of the molecule is O=C(CCC1CC1)COC1CCN(S(=O)(=O)c2cccc(C(F)(F)F)c2)CC1. The van der Waals surface area contributed by atoms with Crippen LogP contribution >= 0.6 is 0 Å². The van der Waals surface area contributed by atoms with Gasteiger partial charge in [-0.05, 0) is 43.4 Å². The minimum Gasteiger partial charge on any atom is -0.370 e. The topological polar surface area (TPSA) is 63.7 Å². The third-order valence-electron chi connectivity index (χ3n) is 5.21. The Balaban J connectivity index is 1.51. The lowest BCUT2D eigenvalue weighted by atomic mass is 10.1. The molecule has 5 nitrogen and oxygen atoms in total. The van der Waals surface area contributed by atoms with Crippen LogP contribution in [0.25, 0.3) is 0 Å². The lowest BCUT2D eigenvalue weighted by Crippen LogP contribution is -2.41. The molecular formula is C19H24F3NO4S. The van der Waals surface area contributed by atoms with E-state index in [0.717, 1.165) is 18.6 Å². The molecular weight excluding hydrogens is 395 g/mol. The Morgan fingerprint density at radius 3 is 2.43 bits per heavy atom. The Bertz CT molecular complexity index is 798. The summed E-state index contributed by atoms with van der Waals surface area (Å²) >= 11 is 0. The Labute approximate surface area is 162 Å². The highest BCUT2D eigenvalue weighted by Gasteiger charge is 2.34. The van der Waals surface area contributed by atoms with Crippen molar-refractivity contribution in [2.24, 2.45) is 5.92 Å². The standard InChI is InChI=1S/C19H24F3NO4S/c20-19(21,22)15-2-1-3-18(12-15)28(25,26)23-10-8-17(9-11-23)27-13-16(24)7-6-14-4-5-14/h1-3,12,14,17H,4-11,13H2. The number of Topliss-reactive ketones (excluding diaryl/α,β-unsaturated/α-hetero) is 1. The number of carbonyl (C=O) groups is 1. The van der Waals surface area contributed by atoms with Gasteiger partial charge >= 0.3 is 6.18 Å². The first kappa shape index (κ1) is 21.3. The number of carbonyl (C=O) groups excluding carboxylic acids is 1. The van der Waals surface area contributed by atoms with Crippen molar-refractivity contribution in [2.75, 3.05) is 19.7 Å². The van der Waals surface area contributed by atoms with Gasteiger partial charge in [0.1, 0.15) is 6.61 Å². The Kier molecular flexibility index (Phi) is 6.46. The van der Waals surface area contributed by atoms with Crippen molar-refractivity contribution in [3.05, 3.63) is 29.8 Å². The van der Waals surface area contributed by atoms with E-state index in [2.05, 4.69) is 0 Å². The summed E-state index contributed by atoms with van der Waals surface area (Å²) in [6, 6.07) is 3.78. The van der Waals surface area contributed by atoms with Crippen molar-refractivity contribution in [3.63, 3.8) is 0 Å². The fraction of sp³-hybridized carbons (Fsp3) is 0.632. The van der Waals surface area contributed by atoms with E-state index < -0.39 is 21.8 Å². The summed E-state index contributed by atoms with van der Waals surface area (Å²) in [5.74, 6) is 0.749. The number of benzene rings is 1. The molecule has 1 aromatic rings. The minimum absolute atomic E-state index is 0.0394. The average Bonchev–Trinajstić information content (AvgIpc) is 3.49. The van der Waals surface area contributed by atoms with Crippen LogP contribution in [0.4, 0.5) is 13.2 Å². The van der Waals surface area contributed by atoms with E-state index in [1.807, 2.05) is 0 Å². The van der Waals surface area contributed by atoms with E-state index in [-0.39, 0.29) is 36.5 Å². The van der Waals surface area contributed by atoms with Gasteiger partial charge in [-0.25, -0.2) is 8.42 Å². The number of hydrogen-bond donors (Lipinski definition) is 0. The second kappa shape index (κ2) is 8.51. The van der Waals surface area contributed by atoms with E-state index in [4.69, 9.17) is 4.74 Å². The van der Waals surface area contributed by atoms with Gasteiger partial charge in [0.05, 0.1) is 16.6 Å². The van der Waals surface area contributed by atoms with Crippen LogP contribution in [0.1, 0.15) is 44.1 Å². The van der Waals surface area contributed by atoms with Crippen LogP contribution in [-0.2, 0) is 25.7 Å². The predicted molar refractivity (Wildman–Crippen MR) is 96.1 cm³/mol. The highest BCUT2D eigenvalue weighted by atomic mass is 32.2. The lowest BCUT2D eigenvalue weighted by molar-refractivity contribution is -0.137. The number of sulfonamides is 1. The van der Waals surface area contributed by atoms with E-state index in [1.165, 1.54) is 23.2 Å². The molecule has 28 heavy (non-hydrogen) atoms. The molecule has 3 rings (SSSR count). The summed E-state index contributed by atoms with van der Waals surface area (Å²) in [7, 11) is -4.00. The maximum Gasteiger partial charge on any atom is 0.416 e. The van der Waals surface area contributed by atoms with Crippen LogP contribution in [0, 0.1) is 5.92 Å². The number of nitrogens with zero attached hydrogens (tertiary/aromatic N) is 1. The second-order valence-corrected chi connectivity index (χ2v) is 9.40. The molecule has 1 heterocycles. The van der Waals surface area contributed by atoms with Gasteiger partial charge in [-0.3, -0.25) is 4.79 Å². The van der Waals surface area contributed by atoms with Gasteiger partial charge < -0.3 is 4.74 Å². The van der Waals surface area contributed by atoms with Gasteiger partial charge in [-0.2, -0.15) is 17.5 Å². The van der Waals surface area contributed by atoms with E-state index >= 15 is 0 Å². The van der Waals surface area contributed by atoms with Gasteiger partial charge in [0.2, 0.25) is 10.0 Å². The molecule has 0 unspecified atom stereocenters. The maximum absolute atomic E-state index is 12.8. The molecule has 0 spiro atoms. The molecule has 1 aliphatic carbocycles. The molecule has 0 amide bonds. The molecule has 0 aromatic heterocycles. The first-order valence-corrected chi connectivity index (χ1v) is 10.9. The Morgan fingerprint density at radius 1 is 1.14 bits per heavy atom. The van der Waals surface area contributed by atoms with Crippen LogP contribution in [-0.4, -0.2) is 44.3 Å². The molecule has 1 aromatic carbocycles. The molecule has 2 aliphatic rings. The molecule has 1 aliphatic heterocycles. The molecule has 9 heteroatoms. The molecule has 1 saturated carbocycles. The monoisotopic (exact) mass is 419 g/mol. The molecule has 0 radical (unpaired) electrons. The lowest BCUT2D eigenvalue weighted by Gasteiger charge is -2.31. The molecule has 0 N–H and O–H groups in total. The number of ether oxygens (including phenoxy) is 1. The maximum atomic E-state index is 12.8. The zero-order valence-electron chi connectivity index (χ0n) is 15.5. The molecule has 2 fully saturated rings. The van der Waals surface area contributed by atoms with Crippen LogP contribution in [0.3, 0.4) is 0 Å². The van der Waals surface area contributed by atoms with Gasteiger partial charge in [0.15, 0.2) is 5.78 Å². The largest absolute Gasteiger partial charge is 0.416 e. The smallest absolute Gasteiger partial charge is 0.370 e.